The quantitative estimate of drug-likeness (QED) is 0.531. The summed E-state index contributed by atoms with van der Waals surface area (Å²) in [6.45, 7) is 6.85. The second-order valence-corrected chi connectivity index (χ2v) is 6.68. The maximum Gasteiger partial charge on any atom is 0.193 e. The number of aliphatic imine (C=N–C) groups is 1. The van der Waals surface area contributed by atoms with Crippen molar-refractivity contribution in [2.75, 3.05) is 32.1 Å². The normalized spacial score (nSPS) is 13.1. The van der Waals surface area contributed by atoms with Crippen molar-refractivity contribution in [3.8, 4) is 5.75 Å². The molecule has 3 N–H and O–H groups in total. The molecule has 2 rings (SSSR count). The van der Waals surface area contributed by atoms with E-state index in [0.717, 1.165) is 18.8 Å². The molecule has 0 amide bonds. The number of thiophene rings is 1. The lowest BCUT2D eigenvalue weighted by molar-refractivity contribution is 0.225. The van der Waals surface area contributed by atoms with Crippen LogP contribution >= 0.6 is 22.9 Å². The Kier molecular flexibility index (Phi) is 7.55. The Morgan fingerprint density at radius 3 is 2.68 bits per heavy atom. The first-order valence-electron chi connectivity index (χ1n) is 8.25. The zero-order valence-corrected chi connectivity index (χ0v) is 16.4. The van der Waals surface area contributed by atoms with Gasteiger partial charge in [-0.25, -0.2) is 0 Å². The van der Waals surface area contributed by atoms with Crippen LogP contribution in [-0.2, 0) is 0 Å². The molecule has 1 aromatic carbocycles. The number of guanidine groups is 1. The minimum Gasteiger partial charge on any atom is -0.495 e. The van der Waals surface area contributed by atoms with Crippen molar-refractivity contribution in [1.29, 1.82) is 0 Å². The molecular weight excluding hydrogens is 356 g/mol. The molecule has 25 heavy (non-hydrogen) atoms. The van der Waals surface area contributed by atoms with E-state index in [0.29, 0.717) is 23.3 Å². The number of benzene rings is 1. The molecule has 0 saturated heterocycles. The van der Waals surface area contributed by atoms with E-state index in [1.54, 1.807) is 30.6 Å². The van der Waals surface area contributed by atoms with Gasteiger partial charge in [0.1, 0.15) is 5.75 Å². The van der Waals surface area contributed by atoms with E-state index in [1.165, 1.54) is 5.56 Å². The van der Waals surface area contributed by atoms with E-state index in [-0.39, 0.29) is 6.04 Å². The highest BCUT2D eigenvalue weighted by Gasteiger charge is 2.18. The molecule has 0 spiro atoms. The van der Waals surface area contributed by atoms with Crippen LogP contribution in [0.5, 0.6) is 5.75 Å². The number of ether oxygens (including phenoxy) is 1. The van der Waals surface area contributed by atoms with E-state index in [4.69, 9.17) is 22.1 Å². The number of nitrogens with one attached hydrogen (secondary N) is 1. The first-order chi connectivity index (χ1) is 12.1. The predicted octanol–water partition coefficient (Wildman–Crippen LogP) is 4.22. The minimum absolute atomic E-state index is 0.223. The highest BCUT2D eigenvalue weighted by Crippen LogP contribution is 2.27. The first kappa shape index (κ1) is 19.6. The molecule has 1 heterocycles. The van der Waals surface area contributed by atoms with Gasteiger partial charge >= 0.3 is 0 Å². The van der Waals surface area contributed by atoms with Crippen molar-refractivity contribution in [1.82, 2.24) is 4.90 Å². The molecule has 0 aliphatic rings. The monoisotopic (exact) mass is 380 g/mol. The van der Waals surface area contributed by atoms with Gasteiger partial charge in [0.2, 0.25) is 0 Å². The summed E-state index contributed by atoms with van der Waals surface area (Å²) in [6, 6.07) is 7.79. The molecule has 0 aliphatic heterocycles. The number of nitrogens with zero attached hydrogens (tertiary/aromatic N) is 2. The molecule has 7 heteroatoms. The van der Waals surface area contributed by atoms with Gasteiger partial charge in [-0.1, -0.05) is 25.4 Å². The van der Waals surface area contributed by atoms with Crippen LogP contribution in [-0.4, -0.2) is 37.6 Å². The summed E-state index contributed by atoms with van der Waals surface area (Å²) in [4.78, 5) is 6.91. The van der Waals surface area contributed by atoms with Gasteiger partial charge in [-0.05, 0) is 53.7 Å². The fraction of sp³-hybridized carbons (Fsp3) is 0.389. The Balaban J connectivity index is 2.08. The van der Waals surface area contributed by atoms with Crippen molar-refractivity contribution >= 4 is 34.6 Å². The number of nitrogens with two attached hydrogens (primary N) is 1. The van der Waals surface area contributed by atoms with Gasteiger partial charge in [0.05, 0.1) is 24.7 Å². The van der Waals surface area contributed by atoms with Gasteiger partial charge < -0.3 is 15.8 Å². The van der Waals surface area contributed by atoms with Gasteiger partial charge in [-0.15, -0.1) is 0 Å². The lowest BCUT2D eigenvalue weighted by Crippen LogP contribution is -2.31. The third-order valence-electron chi connectivity index (χ3n) is 4.04. The second-order valence-electron chi connectivity index (χ2n) is 5.49. The number of methoxy groups -OCH3 is 1. The molecule has 1 unspecified atom stereocenters. The average Bonchev–Trinajstić information content (AvgIpc) is 3.13. The molecular formula is C18H25ClN4OS. The fourth-order valence-electron chi connectivity index (χ4n) is 2.68. The van der Waals surface area contributed by atoms with Crippen LogP contribution in [0.1, 0.15) is 25.5 Å². The standard InChI is InChI=1S/C18H25ClN4OS/c1-4-23(5-2)16(13-8-9-25-12-13)11-21-18(20)22-14-6-7-17(24-3)15(19)10-14/h6-10,12,16H,4-5,11H2,1-3H3,(H3,20,21,22). The summed E-state index contributed by atoms with van der Waals surface area (Å²) in [5.74, 6) is 0.996. The topological polar surface area (TPSA) is 62.9 Å². The Labute approximate surface area is 158 Å². The largest absolute Gasteiger partial charge is 0.495 e. The Morgan fingerprint density at radius 2 is 2.12 bits per heavy atom. The highest BCUT2D eigenvalue weighted by molar-refractivity contribution is 7.07. The number of likely N-dealkylation sites (N-methyl/N-ethyl adjacent to an activating group) is 1. The zero-order valence-electron chi connectivity index (χ0n) is 14.8. The summed E-state index contributed by atoms with van der Waals surface area (Å²) >= 11 is 7.84. The lowest BCUT2D eigenvalue weighted by Gasteiger charge is -2.28. The molecule has 0 aliphatic carbocycles. The molecule has 0 bridgehead atoms. The van der Waals surface area contributed by atoms with E-state index >= 15 is 0 Å². The van der Waals surface area contributed by atoms with E-state index in [2.05, 4.69) is 45.9 Å². The van der Waals surface area contributed by atoms with Crippen molar-refractivity contribution in [3.05, 3.63) is 45.6 Å². The van der Waals surface area contributed by atoms with Crippen LogP contribution in [0.3, 0.4) is 0 Å². The van der Waals surface area contributed by atoms with Gasteiger partial charge in [-0.3, -0.25) is 9.89 Å². The molecule has 0 saturated carbocycles. The van der Waals surface area contributed by atoms with Crippen LogP contribution in [0.4, 0.5) is 5.69 Å². The van der Waals surface area contributed by atoms with Crippen molar-refractivity contribution < 1.29 is 4.74 Å². The zero-order chi connectivity index (χ0) is 18.2. The van der Waals surface area contributed by atoms with Crippen LogP contribution in [0, 0.1) is 0 Å². The Morgan fingerprint density at radius 1 is 1.36 bits per heavy atom. The van der Waals surface area contributed by atoms with Crippen molar-refractivity contribution in [2.24, 2.45) is 10.7 Å². The summed E-state index contributed by atoms with van der Waals surface area (Å²) < 4.78 is 5.15. The number of halogens is 1. The fourth-order valence-corrected chi connectivity index (χ4v) is 3.64. The maximum atomic E-state index is 6.14. The van der Waals surface area contributed by atoms with Crippen LogP contribution < -0.4 is 15.8 Å². The summed E-state index contributed by atoms with van der Waals surface area (Å²) in [5, 5.41) is 7.87. The number of hydrogen-bond acceptors (Lipinski definition) is 4. The van der Waals surface area contributed by atoms with Crippen LogP contribution in [0.25, 0.3) is 0 Å². The summed E-state index contributed by atoms with van der Waals surface area (Å²) in [6.07, 6.45) is 0. The summed E-state index contributed by atoms with van der Waals surface area (Å²) in [7, 11) is 1.59. The Hall–Kier alpha value is -1.76. The number of anilines is 1. The van der Waals surface area contributed by atoms with Gasteiger partial charge in [0.15, 0.2) is 5.96 Å². The minimum atomic E-state index is 0.223. The predicted molar refractivity (Wildman–Crippen MR) is 108 cm³/mol. The number of hydrogen-bond donors (Lipinski definition) is 2. The van der Waals surface area contributed by atoms with E-state index < -0.39 is 0 Å². The van der Waals surface area contributed by atoms with Crippen molar-refractivity contribution in [3.63, 3.8) is 0 Å². The molecule has 2 aromatic rings. The first-order valence-corrected chi connectivity index (χ1v) is 9.57. The lowest BCUT2D eigenvalue weighted by atomic mass is 10.1. The molecule has 0 radical (unpaired) electrons. The Bertz CT molecular complexity index is 686. The number of rotatable bonds is 8. The van der Waals surface area contributed by atoms with Gasteiger partial charge in [0.25, 0.3) is 0 Å². The third kappa shape index (κ3) is 5.36. The van der Waals surface area contributed by atoms with Gasteiger partial charge in [-0.2, -0.15) is 11.3 Å². The summed E-state index contributed by atoms with van der Waals surface area (Å²) in [5.41, 5.74) is 8.12. The van der Waals surface area contributed by atoms with Crippen LogP contribution in [0.15, 0.2) is 40.0 Å². The van der Waals surface area contributed by atoms with Crippen LogP contribution in [0.2, 0.25) is 5.02 Å². The average molecular weight is 381 g/mol. The second kappa shape index (κ2) is 9.65. The molecule has 0 fully saturated rings. The van der Waals surface area contributed by atoms with Crippen molar-refractivity contribution in [2.45, 2.75) is 19.9 Å². The molecule has 1 atom stereocenters. The smallest absolute Gasteiger partial charge is 0.193 e. The maximum absolute atomic E-state index is 6.14. The molecule has 1 aromatic heterocycles. The van der Waals surface area contributed by atoms with E-state index in [9.17, 15) is 0 Å². The van der Waals surface area contributed by atoms with E-state index in [1.807, 2.05) is 6.07 Å². The highest BCUT2D eigenvalue weighted by atomic mass is 35.5. The third-order valence-corrected chi connectivity index (χ3v) is 5.04. The molecule has 136 valence electrons. The molecule has 5 nitrogen and oxygen atoms in total. The van der Waals surface area contributed by atoms with Gasteiger partial charge in [0, 0.05) is 5.69 Å². The SMILES string of the molecule is CCN(CC)C(CN=C(N)Nc1ccc(OC)c(Cl)c1)c1ccsc1.